The second-order valence-corrected chi connectivity index (χ2v) is 7.59. The third-order valence-electron chi connectivity index (χ3n) is 5.15. The number of nitrogens with zero attached hydrogens (tertiary/aromatic N) is 3. The highest BCUT2D eigenvalue weighted by Gasteiger charge is 2.23. The summed E-state index contributed by atoms with van der Waals surface area (Å²) in [5.41, 5.74) is 3.07. The van der Waals surface area contributed by atoms with E-state index in [4.69, 9.17) is 9.47 Å². The molecule has 0 bridgehead atoms. The third kappa shape index (κ3) is 3.90. The Kier molecular flexibility index (Phi) is 5.38. The van der Waals surface area contributed by atoms with Gasteiger partial charge in [-0.3, -0.25) is 4.79 Å². The van der Waals surface area contributed by atoms with E-state index in [2.05, 4.69) is 36.2 Å². The second-order valence-electron chi connectivity index (χ2n) is 7.59. The molecule has 0 unspecified atom stereocenters. The van der Waals surface area contributed by atoms with Crippen LogP contribution in [0.4, 0.5) is 0 Å². The minimum Gasteiger partial charge on any atom is -0.490 e. The molecule has 7 nitrogen and oxygen atoms in total. The summed E-state index contributed by atoms with van der Waals surface area (Å²) in [4.78, 5) is 17.5. The van der Waals surface area contributed by atoms with Crippen molar-refractivity contribution in [1.29, 1.82) is 0 Å². The number of hydrogen-bond donors (Lipinski definition) is 1. The molecule has 0 aliphatic carbocycles. The predicted octanol–water partition coefficient (Wildman–Crippen LogP) is 3.58. The summed E-state index contributed by atoms with van der Waals surface area (Å²) in [6, 6.07) is 5.69. The fourth-order valence-electron chi connectivity index (χ4n) is 3.48. The maximum Gasteiger partial charge on any atom is 0.257 e. The monoisotopic (exact) mass is 394 g/mol. The van der Waals surface area contributed by atoms with Gasteiger partial charge in [0.25, 0.3) is 5.91 Å². The Balaban J connectivity index is 1.60. The zero-order chi connectivity index (χ0) is 20.4. The number of amides is 1. The maximum atomic E-state index is 13.0. The predicted molar refractivity (Wildman–Crippen MR) is 109 cm³/mol. The topological polar surface area (TPSA) is 77.8 Å². The highest BCUT2D eigenvalue weighted by Crippen LogP contribution is 2.34. The molecule has 1 aliphatic heterocycles. The molecule has 7 heteroatoms. The van der Waals surface area contributed by atoms with Crippen LogP contribution in [0.5, 0.6) is 11.5 Å². The van der Waals surface area contributed by atoms with Gasteiger partial charge in [-0.25, -0.2) is 9.50 Å². The van der Waals surface area contributed by atoms with Crippen molar-refractivity contribution < 1.29 is 14.3 Å². The van der Waals surface area contributed by atoms with Crippen LogP contribution in [0.3, 0.4) is 0 Å². The van der Waals surface area contributed by atoms with Crippen molar-refractivity contribution in [2.24, 2.45) is 5.92 Å². The van der Waals surface area contributed by atoms with E-state index < -0.39 is 0 Å². The van der Waals surface area contributed by atoms with Crippen LogP contribution in [0.15, 0.2) is 36.8 Å². The molecule has 0 spiro atoms. The molecule has 1 amide bonds. The van der Waals surface area contributed by atoms with Crippen molar-refractivity contribution in [2.75, 3.05) is 13.2 Å². The van der Waals surface area contributed by atoms with E-state index in [1.807, 2.05) is 24.4 Å². The van der Waals surface area contributed by atoms with Crippen LogP contribution in [0.25, 0.3) is 5.65 Å². The molecule has 0 fully saturated rings. The van der Waals surface area contributed by atoms with Gasteiger partial charge in [-0.1, -0.05) is 26.8 Å². The fourth-order valence-corrected chi connectivity index (χ4v) is 3.48. The number of aryl methyl sites for hydroxylation is 1. The Morgan fingerprint density at radius 3 is 2.76 bits per heavy atom. The number of ether oxygens (including phenoxy) is 2. The third-order valence-corrected chi connectivity index (χ3v) is 5.15. The van der Waals surface area contributed by atoms with Gasteiger partial charge >= 0.3 is 0 Å². The average Bonchev–Trinajstić information content (AvgIpc) is 3.00. The first kappa shape index (κ1) is 19.2. The molecule has 3 heterocycles. The SMILES string of the molecule is CCc1cnc2c(C(=O)N[C@@H](c3ccc4c(c3)OCCCO4)C(C)C)cnn2c1. The first-order valence-electron chi connectivity index (χ1n) is 10.1. The van der Waals surface area contributed by atoms with Crippen molar-refractivity contribution >= 4 is 11.6 Å². The summed E-state index contributed by atoms with van der Waals surface area (Å²) in [6.45, 7) is 7.50. The average molecular weight is 394 g/mol. The Hall–Kier alpha value is -3.09. The molecule has 0 saturated heterocycles. The number of carbonyl (C=O) groups excluding carboxylic acids is 1. The van der Waals surface area contributed by atoms with Gasteiger partial charge in [-0.05, 0) is 35.6 Å². The molecule has 152 valence electrons. The van der Waals surface area contributed by atoms with Gasteiger partial charge in [-0.2, -0.15) is 5.10 Å². The molecule has 2 aromatic heterocycles. The van der Waals surface area contributed by atoms with E-state index in [9.17, 15) is 4.79 Å². The Labute approximate surface area is 170 Å². The van der Waals surface area contributed by atoms with Crippen molar-refractivity contribution in [3.63, 3.8) is 0 Å². The smallest absolute Gasteiger partial charge is 0.257 e. The molecule has 1 aromatic carbocycles. The number of rotatable bonds is 5. The van der Waals surface area contributed by atoms with Crippen molar-refractivity contribution in [3.8, 4) is 11.5 Å². The lowest BCUT2D eigenvalue weighted by Crippen LogP contribution is -2.31. The summed E-state index contributed by atoms with van der Waals surface area (Å²) in [5.74, 6) is 1.47. The van der Waals surface area contributed by atoms with E-state index in [0.29, 0.717) is 24.4 Å². The summed E-state index contributed by atoms with van der Waals surface area (Å²) < 4.78 is 13.2. The van der Waals surface area contributed by atoms with Crippen molar-refractivity contribution in [2.45, 2.75) is 39.7 Å². The minimum absolute atomic E-state index is 0.176. The number of fused-ring (bicyclic) bond motifs is 2. The first-order valence-corrected chi connectivity index (χ1v) is 10.1. The zero-order valence-corrected chi connectivity index (χ0v) is 17.0. The molecule has 0 radical (unpaired) electrons. The molecular weight excluding hydrogens is 368 g/mol. The van der Waals surface area contributed by atoms with E-state index in [0.717, 1.165) is 35.5 Å². The van der Waals surface area contributed by atoms with Crippen LogP contribution in [-0.2, 0) is 6.42 Å². The van der Waals surface area contributed by atoms with Gasteiger partial charge in [0, 0.05) is 18.8 Å². The summed E-state index contributed by atoms with van der Waals surface area (Å²) >= 11 is 0. The van der Waals surface area contributed by atoms with Crippen LogP contribution >= 0.6 is 0 Å². The van der Waals surface area contributed by atoms with Crippen LogP contribution in [0.1, 0.15) is 54.7 Å². The molecule has 29 heavy (non-hydrogen) atoms. The number of benzene rings is 1. The number of nitrogens with one attached hydrogen (secondary N) is 1. The van der Waals surface area contributed by atoms with Gasteiger partial charge in [0.15, 0.2) is 17.1 Å². The van der Waals surface area contributed by atoms with E-state index in [-0.39, 0.29) is 17.9 Å². The van der Waals surface area contributed by atoms with Crippen molar-refractivity contribution in [3.05, 3.63) is 53.5 Å². The second kappa shape index (κ2) is 8.11. The molecule has 4 rings (SSSR count). The summed E-state index contributed by atoms with van der Waals surface area (Å²) in [5, 5.41) is 7.45. The van der Waals surface area contributed by atoms with Gasteiger partial charge in [0.05, 0.1) is 25.5 Å². The lowest BCUT2D eigenvalue weighted by Gasteiger charge is -2.23. The molecule has 1 aliphatic rings. The van der Waals surface area contributed by atoms with Crippen LogP contribution in [0.2, 0.25) is 0 Å². The Bertz CT molecular complexity index is 1030. The Morgan fingerprint density at radius 1 is 1.21 bits per heavy atom. The lowest BCUT2D eigenvalue weighted by molar-refractivity contribution is 0.0927. The van der Waals surface area contributed by atoms with E-state index in [1.165, 1.54) is 0 Å². The van der Waals surface area contributed by atoms with Crippen LogP contribution in [-0.4, -0.2) is 33.7 Å². The number of carbonyl (C=O) groups is 1. The maximum absolute atomic E-state index is 13.0. The van der Waals surface area contributed by atoms with Gasteiger partial charge in [0.2, 0.25) is 0 Å². The first-order chi connectivity index (χ1) is 14.1. The fraction of sp³-hybridized carbons (Fsp3) is 0.409. The quantitative estimate of drug-likeness (QED) is 0.716. The summed E-state index contributed by atoms with van der Waals surface area (Å²) in [6.07, 6.45) is 6.99. The highest BCUT2D eigenvalue weighted by molar-refractivity contribution is 5.99. The molecule has 1 N–H and O–H groups in total. The highest BCUT2D eigenvalue weighted by atomic mass is 16.5. The van der Waals surface area contributed by atoms with E-state index in [1.54, 1.807) is 16.9 Å². The normalized spacial score (nSPS) is 14.6. The van der Waals surface area contributed by atoms with Gasteiger partial charge in [-0.15, -0.1) is 0 Å². The van der Waals surface area contributed by atoms with Crippen LogP contribution < -0.4 is 14.8 Å². The molecule has 0 saturated carbocycles. The van der Waals surface area contributed by atoms with Gasteiger partial charge in [0.1, 0.15) is 5.56 Å². The largest absolute Gasteiger partial charge is 0.490 e. The standard InChI is InChI=1S/C22H26N4O3/c1-4-15-11-23-21-17(12-24-26(21)13-15)22(27)25-20(14(2)3)16-6-7-18-19(10-16)29-9-5-8-28-18/h6-7,10-14,20H,4-5,8-9H2,1-3H3,(H,25,27)/t20-/m1/s1. The Morgan fingerprint density at radius 2 is 2.00 bits per heavy atom. The van der Waals surface area contributed by atoms with Crippen molar-refractivity contribution in [1.82, 2.24) is 19.9 Å². The van der Waals surface area contributed by atoms with Gasteiger partial charge < -0.3 is 14.8 Å². The molecule has 3 aromatic rings. The number of hydrogen-bond acceptors (Lipinski definition) is 5. The van der Waals surface area contributed by atoms with Crippen LogP contribution in [0, 0.1) is 5.92 Å². The molecule has 1 atom stereocenters. The number of aromatic nitrogens is 3. The summed E-state index contributed by atoms with van der Waals surface area (Å²) in [7, 11) is 0. The molecular formula is C22H26N4O3. The van der Waals surface area contributed by atoms with E-state index >= 15 is 0 Å². The minimum atomic E-state index is -0.192. The lowest BCUT2D eigenvalue weighted by atomic mass is 9.95. The zero-order valence-electron chi connectivity index (χ0n) is 17.0.